The van der Waals surface area contributed by atoms with Crippen LogP contribution in [0.1, 0.15) is 49.9 Å². The zero-order valence-corrected chi connectivity index (χ0v) is 31.3. The highest BCUT2D eigenvalue weighted by molar-refractivity contribution is 6.07. The highest BCUT2D eigenvalue weighted by Gasteiger charge is 2.36. The van der Waals surface area contributed by atoms with E-state index in [4.69, 9.17) is 14.4 Å². The summed E-state index contributed by atoms with van der Waals surface area (Å²) in [6, 6.07) is 55.3. The lowest BCUT2D eigenvalue weighted by Gasteiger charge is -2.22. The summed E-state index contributed by atoms with van der Waals surface area (Å²) in [5.41, 5.74) is 21.9. The molecule has 0 atom stereocenters. The van der Waals surface area contributed by atoms with Gasteiger partial charge in [0, 0.05) is 21.8 Å². The van der Waals surface area contributed by atoms with Crippen molar-refractivity contribution in [3.8, 4) is 66.9 Å². The first-order valence-electron chi connectivity index (χ1n) is 19.1. The molecule has 2 heterocycles. The summed E-state index contributed by atoms with van der Waals surface area (Å²) in [7, 11) is 0. The summed E-state index contributed by atoms with van der Waals surface area (Å²) < 4.78 is 6.55. The Balaban J connectivity index is 0.946. The van der Waals surface area contributed by atoms with E-state index in [1.54, 1.807) is 6.33 Å². The van der Waals surface area contributed by atoms with Crippen LogP contribution in [0.25, 0.3) is 89.0 Å². The first kappa shape index (κ1) is 31.9. The fourth-order valence-corrected chi connectivity index (χ4v) is 9.45. The Hall–Kier alpha value is -6.58. The monoisotopic (exact) mass is 706 g/mol. The van der Waals surface area contributed by atoms with E-state index < -0.39 is 0 Å². The molecule has 7 aromatic carbocycles. The molecule has 0 saturated carbocycles. The van der Waals surface area contributed by atoms with Gasteiger partial charge in [-0.1, -0.05) is 143 Å². The fourth-order valence-electron chi connectivity index (χ4n) is 9.45. The van der Waals surface area contributed by atoms with Gasteiger partial charge < -0.3 is 4.42 Å². The van der Waals surface area contributed by atoms with E-state index in [9.17, 15) is 0 Å². The molecule has 0 amide bonds. The first-order chi connectivity index (χ1) is 26.8. The standard InChI is InChI=1S/C52H38N2O/c1-51(2)43-17-7-5-15-38(43)40-22-19-35(28-45(40)51)32-12-9-11-31(25-32)34-21-24-47-42(27-34)49-50(55-47)48(53-30-54-49)37-14-10-13-33(26-37)36-20-23-41-39-16-6-8-18-44(39)52(3,4)46(41)29-36/h5-30H,1-4H3. The molecule has 2 aliphatic rings. The number of furan rings is 1. The van der Waals surface area contributed by atoms with E-state index in [2.05, 4.69) is 179 Å². The van der Waals surface area contributed by atoms with Gasteiger partial charge in [0.1, 0.15) is 23.1 Å². The van der Waals surface area contributed by atoms with Crippen molar-refractivity contribution in [3.63, 3.8) is 0 Å². The van der Waals surface area contributed by atoms with E-state index in [1.165, 1.54) is 61.2 Å². The van der Waals surface area contributed by atoms with Gasteiger partial charge in [0.15, 0.2) is 5.58 Å². The number of rotatable bonds is 4. The van der Waals surface area contributed by atoms with Gasteiger partial charge in [-0.15, -0.1) is 0 Å². The summed E-state index contributed by atoms with van der Waals surface area (Å²) in [6.45, 7) is 9.32. The van der Waals surface area contributed by atoms with Crippen LogP contribution in [-0.4, -0.2) is 9.97 Å². The van der Waals surface area contributed by atoms with Crippen LogP contribution < -0.4 is 0 Å². The van der Waals surface area contributed by atoms with Crippen LogP contribution in [0.5, 0.6) is 0 Å². The van der Waals surface area contributed by atoms with Crippen molar-refractivity contribution in [2.45, 2.75) is 38.5 Å². The molecule has 9 aromatic rings. The molecule has 0 spiro atoms. The van der Waals surface area contributed by atoms with Gasteiger partial charge in [-0.25, -0.2) is 9.97 Å². The average Bonchev–Trinajstić information content (AvgIpc) is 3.80. The van der Waals surface area contributed by atoms with E-state index in [0.29, 0.717) is 5.58 Å². The van der Waals surface area contributed by atoms with Crippen molar-refractivity contribution in [1.29, 1.82) is 0 Å². The Morgan fingerprint density at radius 3 is 1.47 bits per heavy atom. The molecule has 2 aromatic heterocycles. The van der Waals surface area contributed by atoms with Crippen LogP contribution in [0, 0.1) is 0 Å². The van der Waals surface area contributed by atoms with Crippen molar-refractivity contribution >= 4 is 22.1 Å². The Bertz CT molecular complexity index is 3050. The Morgan fingerprint density at radius 2 is 0.873 bits per heavy atom. The van der Waals surface area contributed by atoms with Gasteiger partial charge in [0.2, 0.25) is 0 Å². The highest BCUT2D eigenvalue weighted by atomic mass is 16.3. The second-order valence-electron chi connectivity index (χ2n) is 16.2. The number of hydrogen-bond acceptors (Lipinski definition) is 3. The third-order valence-corrected chi connectivity index (χ3v) is 12.4. The minimum absolute atomic E-state index is 0.0407. The van der Waals surface area contributed by atoms with Crippen LogP contribution in [0.15, 0.2) is 162 Å². The Kier molecular flexibility index (Phi) is 6.65. The van der Waals surface area contributed by atoms with Gasteiger partial charge >= 0.3 is 0 Å². The zero-order chi connectivity index (χ0) is 37.1. The molecule has 0 aliphatic heterocycles. The molecule has 55 heavy (non-hydrogen) atoms. The summed E-state index contributed by atoms with van der Waals surface area (Å²) in [4.78, 5) is 9.55. The minimum atomic E-state index is -0.0567. The van der Waals surface area contributed by atoms with Gasteiger partial charge in [-0.3, -0.25) is 0 Å². The Labute approximate surface area is 321 Å². The molecule has 0 saturated heterocycles. The average molecular weight is 707 g/mol. The fraction of sp³-hybridized carbons (Fsp3) is 0.115. The van der Waals surface area contributed by atoms with Crippen LogP contribution in [-0.2, 0) is 10.8 Å². The quantitative estimate of drug-likeness (QED) is 0.183. The second-order valence-corrected chi connectivity index (χ2v) is 16.2. The largest absolute Gasteiger partial charge is 0.452 e. The normalized spacial score (nSPS) is 14.5. The molecular formula is C52H38N2O. The minimum Gasteiger partial charge on any atom is -0.452 e. The van der Waals surface area contributed by atoms with Crippen molar-refractivity contribution < 1.29 is 4.42 Å². The molecule has 0 unspecified atom stereocenters. The lowest BCUT2D eigenvalue weighted by atomic mass is 9.81. The van der Waals surface area contributed by atoms with E-state index >= 15 is 0 Å². The molecular weight excluding hydrogens is 669 g/mol. The van der Waals surface area contributed by atoms with E-state index in [0.717, 1.165) is 44.4 Å². The smallest absolute Gasteiger partial charge is 0.180 e. The maximum absolute atomic E-state index is 6.55. The number of benzene rings is 7. The lowest BCUT2D eigenvalue weighted by Crippen LogP contribution is -2.14. The highest BCUT2D eigenvalue weighted by Crippen LogP contribution is 2.51. The van der Waals surface area contributed by atoms with Gasteiger partial charge in [-0.05, 0) is 114 Å². The van der Waals surface area contributed by atoms with Gasteiger partial charge in [0.25, 0.3) is 0 Å². The summed E-state index contributed by atoms with van der Waals surface area (Å²) >= 11 is 0. The third-order valence-electron chi connectivity index (χ3n) is 12.4. The first-order valence-corrected chi connectivity index (χ1v) is 19.1. The van der Waals surface area contributed by atoms with Crippen LogP contribution >= 0.6 is 0 Å². The molecule has 2 aliphatic carbocycles. The topological polar surface area (TPSA) is 38.9 Å². The number of aromatic nitrogens is 2. The van der Waals surface area contributed by atoms with E-state index in [-0.39, 0.29) is 10.8 Å². The lowest BCUT2D eigenvalue weighted by molar-refractivity contribution is 0.660. The van der Waals surface area contributed by atoms with Crippen molar-refractivity contribution in [1.82, 2.24) is 9.97 Å². The van der Waals surface area contributed by atoms with Crippen molar-refractivity contribution in [3.05, 3.63) is 180 Å². The van der Waals surface area contributed by atoms with E-state index in [1.807, 2.05) is 0 Å². The Morgan fingerprint density at radius 1 is 0.400 bits per heavy atom. The number of fused-ring (bicyclic) bond motifs is 9. The molecule has 0 N–H and O–H groups in total. The molecule has 3 heteroatoms. The molecule has 262 valence electrons. The van der Waals surface area contributed by atoms with Gasteiger partial charge in [0.05, 0.1) is 0 Å². The third kappa shape index (κ3) is 4.69. The zero-order valence-electron chi connectivity index (χ0n) is 31.3. The molecule has 3 nitrogen and oxygen atoms in total. The molecule has 0 fully saturated rings. The van der Waals surface area contributed by atoms with Crippen LogP contribution in [0.2, 0.25) is 0 Å². The SMILES string of the molecule is CC1(C)c2ccccc2-c2ccc(-c3cccc(-c4ccc5oc6c(-c7cccc(-c8ccc9c(c8)C(C)(C)c8ccccc8-9)c7)ncnc6c5c4)c3)cc21. The summed E-state index contributed by atoms with van der Waals surface area (Å²) in [5, 5.41) is 0.982. The van der Waals surface area contributed by atoms with Crippen LogP contribution in [0.4, 0.5) is 0 Å². The molecule has 11 rings (SSSR count). The maximum atomic E-state index is 6.55. The predicted molar refractivity (Wildman–Crippen MR) is 226 cm³/mol. The number of nitrogens with zero attached hydrogens (tertiary/aromatic N) is 2. The second kappa shape index (κ2) is 11.5. The molecule has 0 bridgehead atoms. The predicted octanol–water partition coefficient (Wildman–Crippen LogP) is 13.7. The maximum Gasteiger partial charge on any atom is 0.180 e. The summed E-state index contributed by atoms with van der Waals surface area (Å²) in [6.07, 6.45) is 1.66. The summed E-state index contributed by atoms with van der Waals surface area (Å²) in [5.74, 6) is 0. The van der Waals surface area contributed by atoms with Crippen LogP contribution in [0.3, 0.4) is 0 Å². The van der Waals surface area contributed by atoms with Crippen molar-refractivity contribution in [2.24, 2.45) is 0 Å². The van der Waals surface area contributed by atoms with Crippen molar-refractivity contribution in [2.75, 3.05) is 0 Å². The van der Waals surface area contributed by atoms with Gasteiger partial charge in [-0.2, -0.15) is 0 Å². The molecule has 0 radical (unpaired) electrons. The number of hydrogen-bond donors (Lipinski definition) is 0.